The molecule has 2 unspecified atom stereocenters. The van der Waals surface area contributed by atoms with Gasteiger partial charge in [0.05, 0.1) is 6.54 Å². The molecule has 3 aromatic rings. The van der Waals surface area contributed by atoms with Crippen molar-refractivity contribution in [2.45, 2.75) is 45.0 Å². The van der Waals surface area contributed by atoms with Gasteiger partial charge in [0, 0.05) is 53.6 Å². The van der Waals surface area contributed by atoms with Gasteiger partial charge in [-0.25, -0.2) is 4.39 Å². The zero-order valence-corrected chi connectivity index (χ0v) is 16.1. The number of pyridine rings is 1. The molecule has 3 heterocycles. The number of aryl methyl sites for hydroxylation is 1. The summed E-state index contributed by atoms with van der Waals surface area (Å²) in [6, 6.07) is 10.0. The van der Waals surface area contributed by atoms with Gasteiger partial charge in [0.1, 0.15) is 12.3 Å². The molecule has 0 aliphatic carbocycles. The van der Waals surface area contributed by atoms with E-state index >= 15 is 0 Å². The van der Waals surface area contributed by atoms with E-state index in [2.05, 4.69) is 39.6 Å². The lowest BCUT2D eigenvalue weighted by molar-refractivity contribution is 0.0377. The van der Waals surface area contributed by atoms with E-state index in [4.69, 9.17) is 0 Å². The SMILES string of the molecule is Cc1ccc2c(c1)c1c(n2CC(C)(O)c2cccnc2)CC(CF)N(C)C1. The van der Waals surface area contributed by atoms with E-state index in [1.165, 1.54) is 16.5 Å². The van der Waals surface area contributed by atoms with Gasteiger partial charge in [0.15, 0.2) is 0 Å². The smallest absolute Gasteiger partial charge is 0.106 e. The number of nitrogens with zero attached hydrogens (tertiary/aromatic N) is 3. The highest BCUT2D eigenvalue weighted by Gasteiger charge is 2.32. The van der Waals surface area contributed by atoms with Crippen molar-refractivity contribution >= 4 is 10.9 Å². The van der Waals surface area contributed by atoms with Crippen molar-refractivity contribution in [3.63, 3.8) is 0 Å². The third-order valence-corrected chi connectivity index (χ3v) is 5.83. The Morgan fingerprint density at radius 2 is 2.15 bits per heavy atom. The summed E-state index contributed by atoms with van der Waals surface area (Å²) in [5, 5.41) is 12.4. The maximum atomic E-state index is 13.6. The normalized spacial score (nSPS) is 19.8. The van der Waals surface area contributed by atoms with Crippen LogP contribution >= 0.6 is 0 Å². The molecule has 142 valence electrons. The Labute approximate surface area is 159 Å². The summed E-state index contributed by atoms with van der Waals surface area (Å²) in [4.78, 5) is 6.24. The van der Waals surface area contributed by atoms with Crippen LogP contribution in [0, 0.1) is 6.92 Å². The van der Waals surface area contributed by atoms with Gasteiger partial charge < -0.3 is 9.67 Å². The molecule has 1 aliphatic rings. The van der Waals surface area contributed by atoms with Gasteiger partial charge in [-0.3, -0.25) is 9.88 Å². The third-order valence-electron chi connectivity index (χ3n) is 5.83. The molecule has 0 spiro atoms. The van der Waals surface area contributed by atoms with Crippen molar-refractivity contribution in [3.05, 3.63) is 65.1 Å². The Bertz CT molecular complexity index is 965. The molecule has 27 heavy (non-hydrogen) atoms. The average molecular weight is 367 g/mol. The van der Waals surface area contributed by atoms with E-state index in [1.54, 1.807) is 12.4 Å². The van der Waals surface area contributed by atoms with Gasteiger partial charge in [-0.2, -0.15) is 0 Å². The van der Waals surface area contributed by atoms with E-state index in [1.807, 2.05) is 26.1 Å². The number of hydrogen-bond donors (Lipinski definition) is 1. The molecule has 4 nitrogen and oxygen atoms in total. The predicted molar refractivity (Wildman–Crippen MR) is 105 cm³/mol. The predicted octanol–water partition coefficient (Wildman–Crippen LogP) is 3.58. The molecule has 0 saturated heterocycles. The van der Waals surface area contributed by atoms with Crippen LogP contribution in [-0.4, -0.2) is 39.3 Å². The quantitative estimate of drug-likeness (QED) is 0.766. The van der Waals surface area contributed by atoms with Gasteiger partial charge in [0.2, 0.25) is 0 Å². The van der Waals surface area contributed by atoms with Crippen LogP contribution in [0.15, 0.2) is 42.7 Å². The number of aromatic nitrogens is 2. The maximum Gasteiger partial charge on any atom is 0.106 e. The highest BCUT2D eigenvalue weighted by atomic mass is 19.1. The number of halogens is 1. The van der Waals surface area contributed by atoms with Crippen LogP contribution in [0.5, 0.6) is 0 Å². The molecule has 1 N–H and O–H groups in total. The molecule has 2 atom stereocenters. The lowest BCUT2D eigenvalue weighted by Crippen LogP contribution is -2.40. The Kier molecular flexibility index (Phi) is 4.52. The first-order valence-electron chi connectivity index (χ1n) is 9.40. The second-order valence-corrected chi connectivity index (χ2v) is 7.97. The molecule has 1 aliphatic heterocycles. The molecule has 2 aromatic heterocycles. The highest BCUT2D eigenvalue weighted by molar-refractivity contribution is 5.86. The number of fused-ring (bicyclic) bond motifs is 3. The number of hydrogen-bond acceptors (Lipinski definition) is 3. The molecular formula is C22H26FN3O. The number of alkyl halides is 1. The van der Waals surface area contributed by atoms with Crippen molar-refractivity contribution in [2.75, 3.05) is 13.7 Å². The van der Waals surface area contributed by atoms with Gasteiger partial charge in [-0.15, -0.1) is 0 Å². The zero-order chi connectivity index (χ0) is 19.2. The summed E-state index contributed by atoms with van der Waals surface area (Å²) in [5.74, 6) is 0. The standard InChI is InChI=1S/C22H26FN3O/c1-15-6-7-20-18(9-15)19-13-25(3)17(11-23)10-21(19)26(20)14-22(2,27)16-5-4-8-24-12-16/h4-9,12,17,27H,10-11,13-14H2,1-3H3. The maximum absolute atomic E-state index is 13.6. The van der Waals surface area contributed by atoms with Gasteiger partial charge >= 0.3 is 0 Å². The van der Waals surface area contributed by atoms with Crippen LogP contribution < -0.4 is 0 Å². The molecule has 4 rings (SSSR count). The van der Waals surface area contributed by atoms with Crippen LogP contribution in [0.1, 0.15) is 29.3 Å². The van der Waals surface area contributed by atoms with E-state index < -0.39 is 5.60 Å². The number of rotatable bonds is 4. The lowest BCUT2D eigenvalue weighted by atomic mass is 9.96. The highest BCUT2D eigenvalue weighted by Crippen LogP contribution is 2.35. The summed E-state index contributed by atoms with van der Waals surface area (Å²) in [7, 11) is 1.98. The molecule has 0 fully saturated rings. The lowest BCUT2D eigenvalue weighted by Gasteiger charge is -2.33. The summed E-state index contributed by atoms with van der Waals surface area (Å²) in [5.41, 5.74) is 4.42. The fourth-order valence-corrected chi connectivity index (χ4v) is 4.19. The van der Waals surface area contributed by atoms with Crippen molar-refractivity contribution in [2.24, 2.45) is 0 Å². The van der Waals surface area contributed by atoms with E-state index in [9.17, 15) is 9.50 Å². The molecule has 0 bridgehead atoms. The van der Waals surface area contributed by atoms with Crippen molar-refractivity contribution in [3.8, 4) is 0 Å². The molecule has 0 radical (unpaired) electrons. The van der Waals surface area contributed by atoms with Crippen LogP contribution in [-0.2, 0) is 25.1 Å². The summed E-state index contributed by atoms with van der Waals surface area (Å²) in [6.45, 7) is 4.68. The van der Waals surface area contributed by atoms with E-state index in [0.717, 1.165) is 23.3 Å². The molecule has 1 aromatic carbocycles. The minimum atomic E-state index is -1.06. The van der Waals surface area contributed by atoms with E-state index in [-0.39, 0.29) is 12.7 Å². The minimum absolute atomic E-state index is 0.120. The monoisotopic (exact) mass is 367 g/mol. The van der Waals surface area contributed by atoms with Gasteiger partial charge in [-0.05, 0) is 44.7 Å². The largest absolute Gasteiger partial charge is 0.384 e. The van der Waals surface area contributed by atoms with Crippen LogP contribution in [0.25, 0.3) is 10.9 Å². The molecule has 0 amide bonds. The van der Waals surface area contributed by atoms with Crippen LogP contribution in [0.4, 0.5) is 4.39 Å². The topological polar surface area (TPSA) is 41.3 Å². The van der Waals surface area contributed by atoms with E-state index in [0.29, 0.717) is 13.0 Å². The molecule has 5 heteroatoms. The van der Waals surface area contributed by atoms with Crippen LogP contribution in [0.3, 0.4) is 0 Å². The van der Waals surface area contributed by atoms with Crippen molar-refractivity contribution < 1.29 is 9.50 Å². The number of benzene rings is 1. The fourth-order valence-electron chi connectivity index (χ4n) is 4.19. The first-order chi connectivity index (χ1) is 12.9. The Hall–Kier alpha value is -2.24. The van der Waals surface area contributed by atoms with Crippen molar-refractivity contribution in [1.82, 2.24) is 14.5 Å². The summed E-state index contributed by atoms with van der Waals surface area (Å²) < 4.78 is 15.8. The minimum Gasteiger partial charge on any atom is -0.384 e. The first-order valence-corrected chi connectivity index (χ1v) is 9.40. The third kappa shape index (κ3) is 3.15. The fraction of sp³-hybridized carbons (Fsp3) is 0.409. The van der Waals surface area contributed by atoms with Gasteiger partial charge in [0.25, 0.3) is 0 Å². The second-order valence-electron chi connectivity index (χ2n) is 7.97. The first kappa shape index (κ1) is 18.1. The summed E-state index contributed by atoms with van der Waals surface area (Å²) in [6.07, 6.45) is 4.07. The Morgan fingerprint density at radius 3 is 2.85 bits per heavy atom. The number of likely N-dealkylation sites (N-methyl/N-ethyl adjacent to an activating group) is 1. The van der Waals surface area contributed by atoms with Crippen molar-refractivity contribution in [1.29, 1.82) is 0 Å². The molecular weight excluding hydrogens is 341 g/mol. The Balaban J connectivity index is 1.85. The number of aliphatic hydroxyl groups is 1. The molecule has 0 saturated carbocycles. The van der Waals surface area contributed by atoms with Gasteiger partial charge in [-0.1, -0.05) is 17.7 Å². The zero-order valence-electron chi connectivity index (χ0n) is 16.1. The average Bonchev–Trinajstić information content (AvgIpc) is 2.93. The Morgan fingerprint density at radius 1 is 1.33 bits per heavy atom. The summed E-state index contributed by atoms with van der Waals surface area (Å²) >= 11 is 0. The second kappa shape index (κ2) is 6.73. The van der Waals surface area contributed by atoms with Crippen LogP contribution in [0.2, 0.25) is 0 Å².